The van der Waals surface area contributed by atoms with Gasteiger partial charge in [0.1, 0.15) is 0 Å². The Labute approximate surface area is 57.7 Å². The first kappa shape index (κ1) is 3.20. The summed E-state index contributed by atoms with van der Waals surface area (Å²) in [4.78, 5) is 20.5. The number of carboxylic acids is 2. The van der Waals surface area contributed by atoms with Crippen LogP contribution in [0.25, 0.3) is 0 Å². The number of rotatable bonds is 3. The molecule has 0 aliphatic rings. The molecule has 0 aliphatic heterocycles. The van der Waals surface area contributed by atoms with Crippen LogP contribution in [0.15, 0.2) is 0 Å². The second-order valence-electron chi connectivity index (χ2n) is 1.35. The molecule has 9 heavy (non-hydrogen) atoms. The SMILES string of the molecule is [2H]C([2H])([2H])[C@@]([2H])(CC(=O)O)C(=O)O. The van der Waals surface area contributed by atoms with Crippen molar-refractivity contribution in [3.63, 3.8) is 0 Å². The second kappa shape index (κ2) is 3.06. The molecule has 0 aliphatic carbocycles. The van der Waals surface area contributed by atoms with E-state index in [-0.39, 0.29) is 0 Å². The van der Waals surface area contributed by atoms with Gasteiger partial charge in [0.2, 0.25) is 0 Å². The van der Waals surface area contributed by atoms with Gasteiger partial charge in [0.25, 0.3) is 0 Å². The van der Waals surface area contributed by atoms with Gasteiger partial charge in [-0.05, 0) is 0 Å². The first-order valence-corrected chi connectivity index (χ1v) is 2.06. The second-order valence-corrected chi connectivity index (χ2v) is 1.35. The van der Waals surface area contributed by atoms with Crippen LogP contribution in [0.4, 0.5) is 0 Å². The molecule has 0 unspecified atom stereocenters. The van der Waals surface area contributed by atoms with Gasteiger partial charge >= 0.3 is 11.9 Å². The lowest BCUT2D eigenvalue weighted by molar-refractivity contribution is -0.147. The number of carboxylic acid groups (broad SMARTS) is 2. The van der Waals surface area contributed by atoms with Crippen molar-refractivity contribution in [2.75, 3.05) is 0 Å². The van der Waals surface area contributed by atoms with Crippen LogP contribution in [-0.2, 0) is 9.59 Å². The Bertz CT molecular complexity index is 235. The highest BCUT2D eigenvalue weighted by Gasteiger charge is 2.13. The van der Waals surface area contributed by atoms with Gasteiger partial charge in [-0.15, -0.1) is 0 Å². The van der Waals surface area contributed by atoms with Crippen LogP contribution >= 0.6 is 0 Å². The van der Waals surface area contributed by atoms with Crippen molar-refractivity contribution in [1.82, 2.24) is 0 Å². The number of aliphatic carboxylic acids is 2. The fourth-order valence-electron chi connectivity index (χ4n) is 0.227. The lowest BCUT2D eigenvalue weighted by atomic mass is 10.1. The van der Waals surface area contributed by atoms with Crippen molar-refractivity contribution in [2.45, 2.75) is 13.3 Å². The molecule has 52 valence electrons. The van der Waals surface area contributed by atoms with Crippen LogP contribution in [0.2, 0.25) is 0 Å². The Morgan fingerprint density at radius 3 is 2.44 bits per heavy atom. The average Bonchev–Trinajstić information content (AvgIpc) is 1.82. The van der Waals surface area contributed by atoms with Crippen molar-refractivity contribution < 1.29 is 25.3 Å². The average molecular weight is 136 g/mol. The van der Waals surface area contributed by atoms with E-state index in [1.165, 1.54) is 0 Å². The zero-order valence-electron chi connectivity index (χ0n) is 8.42. The highest BCUT2D eigenvalue weighted by Crippen LogP contribution is 1.99. The Hall–Kier alpha value is -1.06. The minimum absolute atomic E-state index is 1.25. The zero-order valence-corrected chi connectivity index (χ0v) is 4.42. The molecule has 0 aromatic rings. The van der Waals surface area contributed by atoms with Gasteiger partial charge < -0.3 is 10.2 Å². The summed E-state index contributed by atoms with van der Waals surface area (Å²) in [7, 11) is 0. The summed E-state index contributed by atoms with van der Waals surface area (Å²) in [6, 6.07) is 0. The molecule has 0 radical (unpaired) electrons. The summed E-state index contributed by atoms with van der Waals surface area (Å²) in [6.45, 7) is -3.16. The number of hydrogen-bond acceptors (Lipinski definition) is 2. The molecular weight excluding hydrogens is 124 g/mol. The van der Waals surface area contributed by atoms with Crippen molar-refractivity contribution in [3.05, 3.63) is 0 Å². The van der Waals surface area contributed by atoms with Crippen molar-refractivity contribution in [2.24, 2.45) is 5.89 Å². The molecule has 4 nitrogen and oxygen atoms in total. The number of hydrogen-bond donors (Lipinski definition) is 2. The van der Waals surface area contributed by atoms with E-state index < -0.39 is 31.1 Å². The third-order valence-electron chi connectivity index (χ3n) is 0.586. The van der Waals surface area contributed by atoms with Crippen molar-refractivity contribution >= 4 is 11.9 Å². The number of carbonyl (C=O) groups is 2. The van der Waals surface area contributed by atoms with Gasteiger partial charge in [0.15, 0.2) is 0 Å². The summed E-state index contributed by atoms with van der Waals surface area (Å²) in [5, 5.41) is 16.6. The molecule has 0 saturated carbocycles. The van der Waals surface area contributed by atoms with E-state index in [2.05, 4.69) is 0 Å². The highest BCUT2D eigenvalue weighted by atomic mass is 16.4. The fraction of sp³-hybridized carbons (Fsp3) is 0.600. The van der Waals surface area contributed by atoms with E-state index >= 15 is 0 Å². The summed E-state index contributed by atoms with van der Waals surface area (Å²) in [6.07, 6.45) is -1.25. The summed E-state index contributed by atoms with van der Waals surface area (Å²) >= 11 is 0. The topological polar surface area (TPSA) is 74.6 Å². The lowest BCUT2D eigenvalue weighted by Gasteiger charge is -1.98. The van der Waals surface area contributed by atoms with E-state index in [4.69, 9.17) is 15.7 Å². The quantitative estimate of drug-likeness (QED) is 0.580. The van der Waals surface area contributed by atoms with E-state index in [0.29, 0.717) is 0 Å². The monoisotopic (exact) mass is 136 g/mol. The zero-order chi connectivity index (χ0) is 10.9. The molecule has 4 heteroatoms. The summed E-state index contributed by atoms with van der Waals surface area (Å²) in [5.41, 5.74) is 0. The maximum atomic E-state index is 10.4. The summed E-state index contributed by atoms with van der Waals surface area (Å²) in [5.74, 6) is -6.57. The minimum Gasteiger partial charge on any atom is -0.481 e. The van der Waals surface area contributed by atoms with Gasteiger partial charge in [0.05, 0.1) is 12.3 Å². The van der Waals surface area contributed by atoms with Gasteiger partial charge in [-0.2, -0.15) is 0 Å². The molecule has 0 rings (SSSR count). The van der Waals surface area contributed by atoms with Crippen LogP contribution in [0.3, 0.4) is 0 Å². The normalized spacial score (nSPS) is 24.0. The minimum atomic E-state index is -3.16. The van der Waals surface area contributed by atoms with Gasteiger partial charge in [0, 0.05) is 5.48 Å². The molecule has 0 spiro atoms. The molecule has 0 fully saturated rings. The molecule has 0 saturated heterocycles. The first-order chi connectivity index (χ1) is 5.61. The Morgan fingerprint density at radius 1 is 1.78 bits per heavy atom. The lowest BCUT2D eigenvalue weighted by Crippen LogP contribution is -2.13. The molecule has 0 aromatic carbocycles. The third-order valence-corrected chi connectivity index (χ3v) is 0.586. The van der Waals surface area contributed by atoms with Crippen LogP contribution in [-0.4, -0.2) is 22.2 Å². The molecule has 2 N–H and O–H groups in total. The maximum absolute atomic E-state index is 10.4. The van der Waals surface area contributed by atoms with Crippen molar-refractivity contribution in [1.29, 1.82) is 0 Å². The predicted octanol–water partition coefficient (Wildman–Crippen LogP) is 0.182. The van der Waals surface area contributed by atoms with E-state index in [1.807, 2.05) is 0 Å². The Balaban J connectivity index is 4.96. The predicted molar refractivity (Wildman–Crippen MR) is 29.1 cm³/mol. The van der Waals surface area contributed by atoms with Gasteiger partial charge in [-0.1, -0.05) is 6.85 Å². The highest BCUT2D eigenvalue weighted by molar-refractivity contribution is 5.77. The van der Waals surface area contributed by atoms with Gasteiger partial charge in [-0.25, -0.2) is 0 Å². The van der Waals surface area contributed by atoms with Crippen LogP contribution < -0.4 is 0 Å². The fourth-order valence-corrected chi connectivity index (χ4v) is 0.227. The van der Waals surface area contributed by atoms with Gasteiger partial charge in [-0.3, -0.25) is 9.59 Å². The van der Waals surface area contributed by atoms with E-state index in [0.717, 1.165) is 0 Å². The third kappa shape index (κ3) is 3.52. The van der Waals surface area contributed by atoms with Crippen LogP contribution in [0, 0.1) is 5.89 Å². The molecular formula is C5H8O4. The molecule has 0 heterocycles. The summed E-state index contributed by atoms with van der Waals surface area (Å²) < 4.78 is 27.1. The first-order valence-electron chi connectivity index (χ1n) is 4.06. The molecule has 0 aromatic heterocycles. The standard InChI is InChI=1S/C5H8O4/c1-3(5(8)9)2-4(6)7/h3H,2H2,1H3,(H,6,7)(H,8,9)/t3-/m0/s1/i1D3,3D. The largest absolute Gasteiger partial charge is 0.481 e. The van der Waals surface area contributed by atoms with Crippen molar-refractivity contribution in [3.8, 4) is 0 Å². The molecule has 0 bridgehead atoms. The Morgan fingerprint density at radius 2 is 2.33 bits per heavy atom. The maximum Gasteiger partial charge on any atom is 0.306 e. The molecule has 1 atom stereocenters. The van der Waals surface area contributed by atoms with E-state index in [1.54, 1.807) is 0 Å². The van der Waals surface area contributed by atoms with Crippen LogP contribution in [0.1, 0.15) is 18.8 Å². The smallest absolute Gasteiger partial charge is 0.306 e. The Kier molecular flexibility index (Phi) is 1.09. The van der Waals surface area contributed by atoms with Crippen LogP contribution in [0.5, 0.6) is 0 Å². The molecule has 0 amide bonds. The van der Waals surface area contributed by atoms with E-state index in [9.17, 15) is 9.59 Å².